The van der Waals surface area contributed by atoms with Crippen LogP contribution in [0, 0.1) is 0 Å². The van der Waals surface area contributed by atoms with Gasteiger partial charge in [-0.3, -0.25) is 14.5 Å². The van der Waals surface area contributed by atoms with Crippen molar-refractivity contribution in [3.63, 3.8) is 0 Å². The molecule has 0 spiro atoms. The first-order chi connectivity index (χ1) is 13.0. The van der Waals surface area contributed by atoms with E-state index in [1.54, 1.807) is 43.5 Å². The Bertz CT molecular complexity index is 832. The molecule has 2 heterocycles. The minimum absolute atomic E-state index is 0.187. The molecule has 142 valence electrons. The molecule has 2 aromatic rings. The van der Waals surface area contributed by atoms with E-state index in [0.717, 1.165) is 4.90 Å². The lowest BCUT2D eigenvalue weighted by Crippen LogP contribution is -2.44. The van der Waals surface area contributed by atoms with Crippen LogP contribution in [0.5, 0.6) is 5.75 Å². The van der Waals surface area contributed by atoms with Crippen molar-refractivity contribution >= 4 is 17.8 Å². The van der Waals surface area contributed by atoms with E-state index >= 15 is 0 Å². The van der Waals surface area contributed by atoms with Gasteiger partial charge in [-0.2, -0.15) is 0 Å². The first-order valence-electron chi connectivity index (χ1n) is 8.58. The topological polar surface area (TPSA) is 101 Å². The Labute approximate surface area is 156 Å². The lowest BCUT2D eigenvalue weighted by atomic mass is 9.87. The molecule has 1 atom stereocenters. The number of furan rings is 1. The Morgan fingerprint density at radius 3 is 2.59 bits per heavy atom. The van der Waals surface area contributed by atoms with Crippen molar-refractivity contribution in [3.8, 4) is 5.75 Å². The number of rotatable bonds is 7. The van der Waals surface area contributed by atoms with Gasteiger partial charge in [0.15, 0.2) is 0 Å². The number of carbonyl (C=O) groups is 3. The number of ether oxygens (including phenoxy) is 1. The number of urea groups is 1. The highest BCUT2D eigenvalue weighted by Crippen LogP contribution is 2.33. The molecule has 0 saturated carbocycles. The molecule has 0 unspecified atom stereocenters. The third-order valence-corrected chi connectivity index (χ3v) is 4.63. The van der Waals surface area contributed by atoms with E-state index in [2.05, 4.69) is 10.6 Å². The molecular formula is C19H21N3O5. The molecule has 8 nitrogen and oxygen atoms in total. The Hall–Kier alpha value is -3.29. The molecule has 1 aliphatic rings. The number of hydrogen-bond donors (Lipinski definition) is 2. The van der Waals surface area contributed by atoms with Gasteiger partial charge in [-0.25, -0.2) is 4.79 Å². The van der Waals surface area contributed by atoms with Gasteiger partial charge < -0.3 is 19.8 Å². The van der Waals surface area contributed by atoms with Crippen molar-refractivity contribution in [1.29, 1.82) is 0 Å². The second-order valence-electron chi connectivity index (χ2n) is 6.16. The van der Waals surface area contributed by atoms with Crippen LogP contribution in [0.15, 0.2) is 47.1 Å². The predicted molar refractivity (Wildman–Crippen MR) is 95.8 cm³/mol. The second kappa shape index (κ2) is 7.53. The van der Waals surface area contributed by atoms with Gasteiger partial charge in [-0.1, -0.05) is 19.1 Å². The normalized spacial score (nSPS) is 19.1. The zero-order valence-electron chi connectivity index (χ0n) is 15.2. The molecule has 2 N–H and O–H groups in total. The summed E-state index contributed by atoms with van der Waals surface area (Å²) < 4.78 is 10.3. The molecule has 27 heavy (non-hydrogen) atoms. The van der Waals surface area contributed by atoms with Crippen LogP contribution in [0.1, 0.15) is 24.7 Å². The molecule has 1 fully saturated rings. The van der Waals surface area contributed by atoms with Gasteiger partial charge in [-0.05, 0) is 36.2 Å². The average molecular weight is 371 g/mol. The molecule has 1 aromatic carbocycles. The predicted octanol–water partition coefficient (Wildman–Crippen LogP) is 1.76. The van der Waals surface area contributed by atoms with Crippen molar-refractivity contribution in [3.05, 3.63) is 54.0 Å². The average Bonchev–Trinajstić information content (AvgIpc) is 3.29. The van der Waals surface area contributed by atoms with Crippen LogP contribution in [-0.2, 0) is 21.7 Å². The highest BCUT2D eigenvalue weighted by Gasteiger charge is 2.51. The van der Waals surface area contributed by atoms with Crippen molar-refractivity contribution in [2.24, 2.45) is 0 Å². The van der Waals surface area contributed by atoms with Crippen LogP contribution < -0.4 is 15.4 Å². The number of hydrogen-bond acceptors (Lipinski definition) is 5. The third-order valence-electron chi connectivity index (χ3n) is 4.63. The van der Waals surface area contributed by atoms with E-state index in [9.17, 15) is 14.4 Å². The summed E-state index contributed by atoms with van der Waals surface area (Å²) in [6.45, 7) is 1.64. The Balaban J connectivity index is 1.73. The van der Waals surface area contributed by atoms with Gasteiger partial charge in [-0.15, -0.1) is 0 Å². The fourth-order valence-electron chi connectivity index (χ4n) is 3.08. The molecular weight excluding hydrogens is 350 g/mol. The summed E-state index contributed by atoms with van der Waals surface area (Å²) in [5.41, 5.74) is -0.548. The molecule has 3 rings (SSSR count). The van der Waals surface area contributed by atoms with E-state index in [1.165, 1.54) is 6.26 Å². The van der Waals surface area contributed by atoms with Gasteiger partial charge in [0.1, 0.15) is 23.6 Å². The van der Waals surface area contributed by atoms with Crippen molar-refractivity contribution in [2.45, 2.75) is 25.4 Å². The summed E-state index contributed by atoms with van der Waals surface area (Å²) >= 11 is 0. The minimum Gasteiger partial charge on any atom is -0.497 e. The second-order valence-corrected chi connectivity index (χ2v) is 6.16. The molecule has 1 aromatic heterocycles. The molecule has 0 bridgehead atoms. The summed E-state index contributed by atoms with van der Waals surface area (Å²) in [6.07, 6.45) is 1.86. The number of methoxy groups -OCH3 is 1. The molecule has 8 heteroatoms. The third kappa shape index (κ3) is 3.51. The first kappa shape index (κ1) is 18.5. The van der Waals surface area contributed by atoms with Gasteiger partial charge in [0.25, 0.3) is 5.91 Å². The van der Waals surface area contributed by atoms with E-state index < -0.39 is 23.4 Å². The quantitative estimate of drug-likeness (QED) is 0.723. The fourth-order valence-corrected chi connectivity index (χ4v) is 3.08. The van der Waals surface area contributed by atoms with Crippen LogP contribution in [0.2, 0.25) is 0 Å². The SMILES string of the molecule is CC[C@]1(c2ccc(OC)cc2)NC(=O)N(CC(=O)NCc2ccco2)C1=O. The molecule has 4 amide bonds. The number of nitrogens with one attached hydrogen (secondary N) is 2. The first-order valence-corrected chi connectivity index (χ1v) is 8.58. The number of amides is 4. The fraction of sp³-hybridized carbons (Fsp3) is 0.316. The van der Waals surface area contributed by atoms with Crippen LogP contribution in [0.4, 0.5) is 4.79 Å². The van der Waals surface area contributed by atoms with Gasteiger partial charge in [0.05, 0.1) is 19.9 Å². The van der Waals surface area contributed by atoms with Crippen LogP contribution >= 0.6 is 0 Å². The van der Waals surface area contributed by atoms with Gasteiger partial charge >= 0.3 is 6.03 Å². The highest BCUT2D eigenvalue weighted by atomic mass is 16.5. The summed E-state index contributed by atoms with van der Waals surface area (Å²) in [4.78, 5) is 38.5. The monoisotopic (exact) mass is 371 g/mol. The maximum Gasteiger partial charge on any atom is 0.325 e. The Morgan fingerprint density at radius 2 is 2.00 bits per heavy atom. The summed E-state index contributed by atoms with van der Waals surface area (Å²) in [5, 5.41) is 5.37. The van der Waals surface area contributed by atoms with Gasteiger partial charge in [0.2, 0.25) is 5.91 Å². The smallest absolute Gasteiger partial charge is 0.325 e. The summed E-state index contributed by atoms with van der Waals surface area (Å²) in [6, 6.07) is 9.77. The van der Waals surface area contributed by atoms with E-state index in [1.807, 2.05) is 6.92 Å². The summed E-state index contributed by atoms with van der Waals surface area (Å²) in [7, 11) is 1.55. The number of imide groups is 1. The van der Waals surface area contributed by atoms with Gasteiger partial charge in [0, 0.05) is 0 Å². The van der Waals surface area contributed by atoms with Crippen LogP contribution in [0.25, 0.3) is 0 Å². The van der Waals surface area contributed by atoms with Crippen molar-refractivity contribution in [1.82, 2.24) is 15.5 Å². The molecule has 0 radical (unpaired) electrons. The Kier molecular flexibility index (Phi) is 5.16. The zero-order chi connectivity index (χ0) is 19.4. The standard InChI is InChI=1S/C19H21N3O5/c1-3-19(13-6-8-14(26-2)9-7-13)17(24)22(18(25)21-19)12-16(23)20-11-15-5-4-10-27-15/h4-10H,3,11-12H2,1-2H3,(H,20,23)(H,21,25)/t19-/m1/s1. The highest BCUT2D eigenvalue weighted by molar-refractivity contribution is 6.09. The largest absolute Gasteiger partial charge is 0.497 e. The summed E-state index contributed by atoms with van der Waals surface area (Å²) in [5.74, 6) is 0.336. The number of carbonyl (C=O) groups excluding carboxylic acids is 3. The van der Waals surface area contributed by atoms with E-state index in [0.29, 0.717) is 23.5 Å². The lowest BCUT2D eigenvalue weighted by molar-refractivity contribution is -0.135. The van der Waals surface area contributed by atoms with Crippen LogP contribution in [0.3, 0.4) is 0 Å². The zero-order valence-corrected chi connectivity index (χ0v) is 15.2. The van der Waals surface area contributed by atoms with Crippen molar-refractivity contribution in [2.75, 3.05) is 13.7 Å². The maximum atomic E-state index is 13.0. The van der Waals surface area contributed by atoms with E-state index in [4.69, 9.17) is 9.15 Å². The molecule has 1 saturated heterocycles. The Morgan fingerprint density at radius 1 is 1.26 bits per heavy atom. The lowest BCUT2D eigenvalue weighted by Gasteiger charge is -2.25. The minimum atomic E-state index is -1.19. The number of benzene rings is 1. The van der Waals surface area contributed by atoms with Crippen LogP contribution in [-0.4, -0.2) is 36.4 Å². The maximum absolute atomic E-state index is 13.0. The van der Waals surface area contributed by atoms with E-state index in [-0.39, 0.29) is 13.1 Å². The number of nitrogens with zero attached hydrogens (tertiary/aromatic N) is 1. The molecule has 0 aliphatic carbocycles. The molecule has 1 aliphatic heterocycles. The van der Waals surface area contributed by atoms with Crippen molar-refractivity contribution < 1.29 is 23.5 Å².